The Morgan fingerprint density at radius 2 is 2.27 bits per heavy atom. The fraction of sp³-hybridized carbons (Fsp3) is 0.118. The minimum atomic E-state index is -0.129. The van der Waals surface area contributed by atoms with Gasteiger partial charge in [0.25, 0.3) is 0 Å². The number of amides is 1. The second kappa shape index (κ2) is 6.89. The number of hydrogen-bond donors (Lipinski definition) is 1. The van der Waals surface area contributed by atoms with Gasteiger partial charge in [0.2, 0.25) is 5.91 Å². The lowest BCUT2D eigenvalue weighted by atomic mass is 10.1. The molecule has 0 atom stereocenters. The summed E-state index contributed by atoms with van der Waals surface area (Å²) < 4.78 is 6.90. The van der Waals surface area contributed by atoms with E-state index in [1.165, 1.54) is 17.7 Å². The SMILES string of the molecule is Cc1cc(NC(=O)Cc2csc(-c3ccco3)n2)ccc1-n1cnnn1. The van der Waals surface area contributed by atoms with E-state index in [4.69, 9.17) is 4.42 Å². The Labute approximate surface area is 152 Å². The van der Waals surface area contributed by atoms with Gasteiger partial charge in [0.05, 0.1) is 24.1 Å². The summed E-state index contributed by atoms with van der Waals surface area (Å²) in [6, 6.07) is 9.21. The molecule has 3 heterocycles. The Morgan fingerprint density at radius 1 is 1.35 bits per heavy atom. The first-order valence-corrected chi connectivity index (χ1v) is 8.69. The number of hydrogen-bond acceptors (Lipinski definition) is 7. The molecule has 3 aromatic heterocycles. The molecule has 1 N–H and O–H groups in total. The van der Waals surface area contributed by atoms with Crippen LogP contribution in [0, 0.1) is 6.92 Å². The minimum Gasteiger partial charge on any atom is -0.462 e. The molecule has 1 amide bonds. The predicted octanol–water partition coefficient (Wildman–Crippen LogP) is 2.87. The lowest BCUT2D eigenvalue weighted by Crippen LogP contribution is -2.15. The summed E-state index contributed by atoms with van der Waals surface area (Å²) in [5.74, 6) is 0.575. The molecular weight excluding hydrogens is 352 g/mol. The smallest absolute Gasteiger partial charge is 0.230 e. The maximum Gasteiger partial charge on any atom is 0.230 e. The molecule has 0 aliphatic carbocycles. The van der Waals surface area contributed by atoms with E-state index in [2.05, 4.69) is 25.8 Å². The molecule has 0 aliphatic rings. The van der Waals surface area contributed by atoms with E-state index < -0.39 is 0 Å². The third-order valence-electron chi connectivity index (χ3n) is 3.70. The van der Waals surface area contributed by atoms with E-state index in [1.54, 1.807) is 10.9 Å². The Morgan fingerprint density at radius 3 is 3.00 bits per heavy atom. The maximum atomic E-state index is 12.3. The highest BCUT2D eigenvalue weighted by molar-refractivity contribution is 7.13. The summed E-state index contributed by atoms with van der Waals surface area (Å²) in [7, 11) is 0. The van der Waals surface area contributed by atoms with Gasteiger partial charge in [0.1, 0.15) is 6.33 Å². The minimum absolute atomic E-state index is 0.129. The van der Waals surface area contributed by atoms with E-state index in [0.29, 0.717) is 17.1 Å². The fourth-order valence-electron chi connectivity index (χ4n) is 2.53. The number of carbonyl (C=O) groups excluding carboxylic acids is 1. The molecule has 8 nitrogen and oxygen atoms in total. The third-order valence-corrected chi connectivity index (χ3v) is 4.61. The molecule has 0 radical (unpaired) electrons. The normalized spacial score (nSPS) is 10.8. The highest BCUT2D eigenvalue weighted by Crippen LogP contribution is 2.24. The van der Waals surface area contributed by atoms with Crippen molar-refractivity contribution in [1.82, 2.24) is 25.2 Å². The topological polar surface area (TPSA) is 98.7 Å². The fourth-order valence-corrected chi connectivity index (χ4v) is 3.32. The van der Waals surface area contributed by atoms with Crippen LogP contribution in [0.1, 0.15) is 11.3 Å². The Hall–Kier alpha value is -3.33. The van der Waals surface area contributed by atoms with Gasteiger partial charge < -0.3 is 9.73 Å². The van der Waals surface area contributed by atoms with Crippen LogP contribution in [0.4, 0.5) is 5.69 Å². The molecule has 0 unspecified atom stereocenters. The maximum absolute atomic E-state index is 12.3. The average Bonchev–Trinajstić information content (AvgIpc) is 3.37. The first-order chi connectivity index (χ1) is 12.7. The van der Waals surface area contributed by atoms with Crippen molar-refractivity contribution in [3.05, 3.63) is 59.6 Å². The number of aromatic nitrogens is 5. The lowest BCUT2D eigenvalue weighted by Gasteiger charge is -2.08. The standard InChI is InChI=1S/C17H14N6O2S/c1-11-7-12(4-5-14(11)23-10-18-21-22-23)19-16(24)8-13-9-26-17(20-13)15-3-2-6-25-15/h2-7,9-10H,8H2,1H3,(H,19,24). The Kier molecular flexibility index (Phi) is 4.28. The lowest BCUT2D eigenvalue weighted by molar-refractivity contribution is -0.115. The number of benzene rings is 1. The van der Waals surface area contributed by atoms with Gasteiger partial charge >= 0.3 is 0 Å². The van der Waals surface area contributed by atoms with Gasteiger partial charge in [-0.25, -0.2) is 9.67 Å². The van der Waals surface area contributed by atoms with Crippen LogP contribution in [0.5, 0.6) is 0 Å². The van der Waals surface area contributed by atoms with Gasteiger partial charge in [-0.05, 0) is 53.2 Å². The molecule has 9 heteroatoms. The van der Waals surface area contributed by atoms with E-state index >= 15 is 0 Å². The number of nitrogens with zero attached hydrogens (tertiary/aromatic N) is 5. The van der Waals surface area contributed by atoms with Crippen molar-refractivity contribution in [2.45, 2.75) is 13.3 Å². The molecule has 0 bridgehead atoms. The number of thiazole rings is 1. The zero-order valence-electron chi connectivity index (χ0n) is 13.8. The molecule has 1 aromatic carbocycles. The van der Waals surface area contributed by atoms with Crippen LogP contribution in [-0.4, -0.2) is 31.1 Å². The van der Waals surface area contributed by atoms with E-state index in [9.17, 15) is 4.79 Å². The summed E-state index contributed by atoms with van der Waals surface area (Å²) in [5.41, 5.74) is 3.23. The third kappa shape index (κ3) is 3.38. The number of aryl methyl sites for hydroxylation is 1. The van der Waals surface area contributed by atoms with Crippen molar-refractivity contribution in [3.63, 3.8) is 0 Å². The van der Waals surface area contributed by atoms with Crippen molar-refractivity contribution < 1.29 is 9.21 Å². The molecule has 130 valence electrons. The van der Waals surface area contributed by atoms with Crippen LogP contribution >= 0.6 is 11.3 Å². The highest BCUT2D eigenvalue weighted by Gasteiger charge is 2.11. The van der Waals surface area contributed by atoms with Gasteiger partial charge in [-0.3, -0.25) is 4.79 Å². The van der Waals surface area contributed by atoms with Crippen molar-refractivity contribution in [1.29, 1.82) is 0 Å². The van der Waals surface area contributed by atoms with Crippen LogP contribution in [0.3, 0.4) is 0 Å². The summed E-state index contributed by atoms with van der Waals surface area (Å²) in [5, 5.41) is 16.6. The zero-order chi connectivity index (χ0) is 17.9. The first kappa shape index (κ1) is 16.2. The summed E-state index contributed by atoms with van der Waals surface area (Å²) >= 11 is 1.45. The van der Waals surface area contributed by atoms with Crippen LogP contribution in [-0.2, 0) is 11.2 Å². The second-order valence-electron chi connectivity index (χ2n) is 5.60. The van der Waals surface area contributed by atoms with Gasteiger partial charge in [0.15, 0.2) is 10.8 Å². The Balaban J connectivity index is 1.43. The van der Waals surface area contributed by atoms with E-state index in [0.717, 1.165) is 16.3 Å². The number of rotatable bonds is 5. The van der Waals surface area contributed by atoms with Crippen molar-refractivity contribution >= 4 is 22.9 Å². The molecule has 0 spiro atoms. The van der Waals surface area contributed by atoms with E-state index in [-0.39, 0.29) is 12.3 Å². The largest absolute Gasteiger partial charge is 0.462 e. The van der Waals surface area contributed by atoms with Crippen LogP contribution < -0.4 is 5.32 Å². The summed E-state index contributed by atoms with van der Waals surface area (Å²) in [6.45, 7) is 1.93. The molecule has 26 heavy (non-hydrogen) atoms. The van der Waals surface area contributed by atoms with Gasteiger partial charge in [-0.15, -0.1) is 16.4 Å². The van der Waals surface area contributed by atoms with Crippen LogP contribution in [0.25, 0.3) is 16.5 Å². The molecule has 0 saturated heterocycles. The van der Waals surface area contributed by atoms with Crippen LogP contribution in [0.15, 0.2) is 52.7 Å². The average molecular weight is 366 g/mol. The van der Waals surface area contributed by atoms with Gasteiger partial charge in [-0.2, -0.15) is 0 Å². The molecule has 4 aromatic rings. The number of tetrazole rings is 1. The molecule has 0 fully saturated rings. The van der Waals surface area contributed by atoms with Crippen molar-refractivity contribution in [2.24, 2.45) is 0 Å². The van der Waals surface area contributed by atoms with Gasteiger partial charge in [-0.1, -0.05) is 0 Å². The van der Waals surface area contributed by atoms with Crippen LogP contribution in [0.2, 0.25) is 0 Å². The number of furan rings is 1. The monoisotopic (exact) mass is 366 g/mol. The van der Waals surface area contributed by atoms with Crippen molar-refractivity contribution in [3.8, 4) is 16.5 Å². The second-order valence-corrected chi connectivity index (χ2v) is 6.46. The van der Waals surface area contributed by atoms with Gasteiger partial charge in [0, 0.05) is 11.1 Å². The number of carbonyl (C=O) groups is 1. The predicted molar refractivity (Wildman–Crippen MR) is 96.0 cm³/mol. The zero-order valence-corrected chi connectivity index (χ0v) is 14.6. The summed E-state index contributed by atoms with van der Waals surface area (Å²) in [6.07, 6.45) is 3.33. The molecule has 0 aliphatic heterocycles. The molecular formula is C17H14N6O2S. The van der Waals surface area contributed by atoms with E-state index in [1.807, 2.05) is 42.6 Å². The quantitative estimate of drug-likeness (QED) is 0.583. The molecule has 0 saturated carbocycles. The Bertz CT molecular complexity index is 1020. The van der Waals surface area contributed by atoms with Crippen molar-refractivity contribution in [2.75, 3.05) is 5.32 Å². The number of nitrogens with one attached hydrogen (secondary N) is 1. The first-order valence-electron chi connectivity index (χ1n) is 7.81. The number of anilines is 1. The highest BCUT2D eigenvalue weighted by atomic mass is 32.1. The molecule has 4 rings (SSSR count). The summed E-state index contributed by atoms with van der Waals surface area (Å²) in [4.78, 5) is 16.7.